The first-order chi connectivity index (χ1) is 31.5. The summed E-state index contributed by atoms with van der Waals surface area (Å²) in [6.07, 6.45) is 26.4. The molecule has 2 saturated heterocycles. The summed E-state index contributed by atoms with van der Waals surface area (Å²) in [5.74, 6) is -1.05. The predicted molar refractivity (Wildman–Crippen MR) is 247 cm³/mol. The van der Waals surface area contributed by atoms with Crippen LogP contribution in [0.3, 0.4) is 0 Å². The van der Waals surface area contributed by atoms with E-state index in [2.05, 4.69) is 44.2 Å². The first-order valence-corrected chi connectivity index (χ1v) is 23.8. The highest BCUT2D eigenvalue weighted by Gasteiger charge is 2.47. The molecule has 0 aromatic heterocycles. The first kappa shape index (κ1) is 57.8. The minimum absolute atomic E-state index is 0.0583. The highest BCUT2D eigenvalue weighted by atomic mass is 16.7. The van der Waals surface area contributed by atoms with Crippen molar-refractivity contribution >= 4 is 11.9 Å². The maximum absolute atomic E-state index is 12.9. The van der Waals surface area contributed by atoms with Gasteiger partial charge in [0.2, 0.25) is 0 Å². The van der Waals surface area contributed by atoms with Gasteiger partial charge in [-0.3, -0.25) is 9.59 Å². The topological polar surface area (TPSA) is 231 Å². The van der Waals surface area contributed by atoms with E-state index in [-0.39, 0.29) is 19.4 Å². The van der Waals surface area contributed by atoms with Crippen molar-refractivity contribution in [2.24, 2.45) is 0 Å². The van der Waals surface area contributed by atoms with E-state index in [0.717, 1.165) is 32.1 Å². The molecule has 2 rings (SSSR count). The van der Waals surface area contributed by atoms with Crippen LogP contribution in [0.2, 0.25) is 0 Å². The van der Waals surface area contributed by atoms with Crippen LogP contribution in [-0.2, 0) is 38.0 Å². The van der Waals surface area contributed by atoms with Crippen molar-refractivity contribution in [3.05, 3.63) is 85.1 Å². The monoisotopic (exact) mass is 921 g/mol. The second kappa shape index (κ2) is 36.8. The lowest BCUT2D eigenvalue weighted by atomic mass is 9.98. The lowest BCUT2D eigenvalue weighted by Gasteiger charge is -2.42. The van der Waals surface area contributed by atoms with Crippen LogP contribution in [0.15, 0.2) is 85.1 Å². The summed E-state index contributed by atoms with van der Waals surface area (Å²) >= 11 is 0. The van der Waals surface area contributed by atoms with Crippen molar-refractivity contribution in [3.63, 3.8) is 0 Å². The van der Waals surface area contributed by atoms with Gasteiger partial charge < -0.3 is 64.2 Å². The summed E-state index contributed by atoms with van der Waals surface area (Å²) in [5, 5.41) is 71.9. The minimum Gasteiger partial charge on any atom is -0.462 e. The molecule has 0 spiro atoms. The van der Waals surface area contributed by atoms with Gasteiger partial charge in [0.05, 0.1) is 19.8 Å². The number of carbonyl (C=O) groups excluding carboxylic acids is 2. The van der Waals surface area contributed by atoms with Crippen molar-refractivity contribution < 1.29 is 73.8 Å². The van der Waals surface area contributed by atoms with Gasteiger partial charge >= 0.3 is 11.9 Å². The second-order valence-corrected chi connectivity index (χ2v) is 16.4. The molecular formula is C50H80O15. The number of aliphatic hydroxyl groups is 7. The highest BCUT2D eigenvalue weighted by Crippen LogP contribution is 2.26. The Kier molecular flexibility index (Phi) is 32.7. The molecule has 0 aromatic carbocycles. The molecule has 370 valence electrons. The first-order valence-electron chi connectivity index (χ1n) is 23.8. The van der Waals surface area contributed by atoms with Crippen LogP contribution < -0.4 is 0 Å². The zero-order valence-corrected chi connectivity index (χ0v) is 38.7. The Bertz CT molecular complexity index is 1460. The van der Waals surface area contributed by atoms with Gasteiger partial charge in [0.15, 0.2) is 18.7 Å². The normalized spacial score (nSPS) is 27.2. The molecule has 65 heavy (non-hydrogen) atoms. The fourth-order valence-electron chi connectivity index (χ4n) is 6.82. The molecule has 5 unspecified atom stereocenters. The maximum atomic E-state index is 12.9. The summed E-state index contributed by atoms with van der Waals surface area (Å²) in [4.78, 5) is 25.6. The Morgan fingerprint density at radius 3 is 1.58 bits per heavy atom. The fraction of sp³-hybridized carbons (Fsp3) is 0.680. The van der Waals surface area contributed by atoms with Gasteiger partial charge in [0.25, 0.3) is 0 Å². The Labute approximate surface area is 386 Å². The molecule has 2 fully saturated rings. The van der Waals surface area contributed by atoms with E-state index in [1.165, 1.54) is 44.9 Å². The van der Waals surface area contributed by atoms with E-state index in [4.69, 9.17) is 28.4 Å². The third-order valence-corrected chi connectivity index (χ3v) is 10.8. The van der Waals surface area contributed by atoms with Crippen molar-refractivity contribution in [2.75, 3.05) is 26.4 Å². The van der Waals surface area contributed by atoms with E-state index in [1.807, 2.05) is 54.7 Å². The quantitative estimate of drug-likeness (QED) is 0.0235. The number of unbranched alkanes of at least 4 members (excludes halogenated alkanes) is 11. The van der Waals surface area contributed by atoms with Crippen molar-refractivity contribution in [2.45, 2.75) is 191 Å². The molecule has 2 heterocycles. The van der Waals surface area contributed by atoms with Crippen LogP contribution in [-0.4, -0.2) is 142 Å². The number of carbonyl (C=O) groups is 2. The molecule has 0 bridgehead atoms. The van der Waals surface area contributed by atoms with E-state index in [0.29, 0.717) is 19.3 Å². The Hall–Kier alpha value is -3.32. The number of hydrogen-bond donors (Lipinski definition) is 7. The van der Waals surface area contributed by atoms with Gasteiger partial charge in [-0.25, -0.2) is 0 Å². The maximum Gasteiger partial charge on any atom is 0.306 e. The van der Waals surface area contributed by atoms with Crippen LogP contribution >= 0.6 is 0 Å². The number of aliphatic hydroxyl groups excluding tert-OH is 7. The summed E-state index contributed by atoms with van der Waals surface area (Å²) in [6, 6.07) is 0. The molecule has 0 radical (unpaired) electrons. The summed E-state index contributed by atoms with van der Waals surface area (Å²) in [6.45, 7) is 2.29. The van der Waals surface area contributed by atoms with E-state index < -0.39 is 99.3 Å². The Balaban J connectivity index is 1.89. The van der Waals surface area contributed by atoms with Crippen LogP contribution in [0.4, 0.5) is 0 Å². The van der Waals surface area contributed by atoms with Gasteiger partial charge in [-0.15, -0.1) is 0 Å². The molecule has 15 nitrogen and oxygen atoms in total. The van der Waals surface area contributed by atoms with E-state index >= 15 is 0 Å². The number of hydrogen-bond acceptors (Lipinski definition) is 15. The fourth-order valence-corrected chi connectivity index (χ4v) is 6.82. The SMILES string of the molecule is CC/C=C/C=C/C=C/C=C/C=C/CCCC(=O)OC(COC(=O)CCCCC/C=C/C=C/CCCCCCCCC)CO[C@@H]1O[C@H](CO[C@@H]2O[C@H](CO)[C@H](O)C(O)C2O)[C@H](O)C(O)C1O. The average molecular weight is 921 g/mol. The molecular weight excluding hydrogens is 841 g/mol. The zero-order chi connectivity index (χ0) is 47.5. The van der Waals surface area contributed by atoms with Gasteiger partial charge in [0.1, 0.15) is 55.4 Å². The zero-order valence-electron chi connectivity index (χ0n) is 38.7. The molecule has 0 aliphatic carbocycles. The van der Waals surface area contributed by atoms with Crippen LogP contribution in [0.5, 0.6) is 0 Å². The molecule has 2 aliphatic rings. The molecule has 0 saturated carbocycles. The van der Waals surface area contributed by atoms with Gasteiger partial charge in [-0.1, -0.05) is 144 Å². The highest BCUT2D eigenvalue weighted by molar-refractivity contribution is 5.70. The van der Waals surface area contributed by atoms with Crippen LogP contribution in [0.25, 0.3) is 0 Å². The lowest BCUT2D eigenvalue weighted by Crippen LogP contribution is -2.61. The lowest BCUT2D eigenvalue weighted by molar-refractivity contribution is -0.332. The summed E-state index contributed by atoms with van der Waals surface area (Å²) in [5.41, 5.74) is 0. The van der Waals surface area contributed by atoms with E-state index in [1.54, 1.807) is 0 Å². The molecule has 0 aromatic rings. The number of rotatable bonds is 34. The second-order valence-electron chi connectivity index (χ2n) is 16.4. The minimum atomic E-state index is -1.79. The number of ether oxygens (including phenoxy) is 6. The van der Waals surface area contributed by atoms with Crippen molar-refractivity contribution in [1.29, 1.82) is 0 Å². The molecule has 15 heteroatoms. The van der Waals surface area contributed by atoms with Gasteiger partial charge in [0, 0.05) is 12.8 Å². The number of allylic oxidation sites excluding steroid dienone is 14. The van der Waals surface area contributed by atoms with Crippen LogP contribution in [0, 0.1) is 0 Å². The Morgan fingerprint density at radius 2 is 0.985 bits per heavy atom. The third kappa shape index (κ3) is 25.4. The summed E-state index contributed by atoms with van der Waals surface area (Å²) in [7, 11) is 0. The Morgan fingerprint density at radius 1 is 0.508 bits per heavy atom. The van der Waals surface area contributed by atoms with Crippen molar-refractivity contribution in [1.82, 2.24) is 0 Å². The number of esters is 2. The molecule has 2 aliphatic heterocycles. The van der Waals surface area contributed by atoms with Crippen LogP contribution in [0.1, 0.15) is 123 Å². The summed E-state index contributed by atoms with van der Waals surface area (Å²) < 4.78 is 33.3. The smallest absolute Gasteiger partial charge is 0.306 e. The van der Waals surface area contributed by atoms with Crippen molar-refractivity contribution in [3.8, 4) is 0 Å². The predicted octanol–water partition coefficient (Wildman–Crippen LogP) is 5.65. The third-order valence-electron chi connectivity index (χ3n) is 10.8. The molecule has 11 atom stereocenters. The molecule has 7 N–H and O–H groups in total. The molecule has 0 amide bonds. The van der Waals surface area contributed by atoms with Gasteiger partial charge in [-0.2, -0.15) is 0 Å². The average Bonchev–Trinajstić information content (AvgIpc) is 3.30. The van der Waals surface area contributed by atoms with E-state index in [9.17, 15) is 45.3 Å². The van der Waals surface area contributed by atoms with Gasteiger partial charge in [-0.05, 0) is 51.4 Å². The standard InChI is InChI=1S/C50H80O15/c1-3-5-7-9-11-13-15-17-18-19-21-22-24-26-28-30-32-41(52)60-35-38(63-42(53)33-31-29-27-25-23-20-16-14-12-10-8-6-4-2)36-61-49-48(59)46(57)44(55)40(65-49)37-62-50-47(58)45(56)43(54)39(34-51)64-50/h6,8,10,12,14,16,18-23,25,27,38-40,43-51,54-59H,3-5,7,9,11,13,15,17,24,26,28-37H2,1-2H3/b8-6+,12-10+,16-14+,19-18+,22-21+,23-20+,27-25+/t38?,39-,40-,43+,44+,45?,46?,47?,48?,49-,50-/m1/s1. The largest absolute Gasteiger partial charge is 0.462 e.